The molecule has 0 saturated carbocycles. The van der Waals surface area contributed by atoms with E-state index in [1.165, 1.54) is 86.9 Å². The van der Waals surface area contributed by atoms with Crippen LogP contribution in [0.1, 0.15) is 87.7 Å². The van der Waals surface area contributed by atoms with E-state index in [1.54, 1.807) is 0 Å². The number of rotatable bonds is 20. The van der Waals surface area contributed by atoms with Gasteiger partial charge in [-0.15, -0.1) is 0 Å². The van der Waals surface area contributed by atoms with Crippen molar-refractivity contribution in [3.05, 3.63) is 94.8 Å². The van der Waals surface area contributed by atoms with Gasteiger partial charge in [-0.1, -0.05) is 52.0 Å². The number of aromatic nitrogens is 4. The fourth-order valence-electron chi connectivity index (χ4n) is 5.99. The van der Waals surface area contributed by atoms with E-state index in [4.69, 9.17) is 0 Å². The number of carbonyl (C=O) groups is 2. The maximum atomic E-state index is 13.5. The molecule has 1 unspecified atom stereocenters. The number of carbonyl (C=O) groups excluding carboxylic acids is 2. The molecule has 0 bridgehead atoms. The van der Waals surface area contributed by atoms with E-state index >= 15 is 0 Å². The van der Waals surface area contributed by atoms with Gasteiger partial charge in [-0.05, 0) is 60.4 Å². The predicted molar refractivity (Wildman–Crippen MR) is 234 cm³/mol. The van der Waals surface area contributed by atoms with Gasteiger partial charge >= 0.3 is 19.5 Å². The molecule has 18 nitrogen and oxygen atoms in total. The number of carboxylic acids is 2. The Balaban J connectivity index is 0.000000447. The molecule has 0 aliphatic carbocycles. The van der Waals surface area contributed by atoms with Gasteiger partial charge in [0, 0.05) is 85.2 Å². The zero-order valence-corrected chi connectivity index (χ0v) is 41.8. The molecule has 0 saturated heterocycles. The van der Waals surface area contributed by atoms with E-state index in [9.17, 15) is 66.2 Å². The number of benzene rings is 2. The molecule has 66 heavy (non-hydrogen) atoms. The second-order valence-electron chi connectivity index (χ2n) is 15.4. The Morgan fingerprint density at radius 2 is 1.05 bits per heavy atom. The van der Waals surface area contributed by atoms with Crippen molar-refractivity contribution in [2.24, 2.45) is 0 Å². The summed E-state index contributed by atoms with van der Waals surface area (Å²) in [6, 6.07) is 10.9. The Bertz CT molecular complexity index is 2470. The first kappa shape index (κ1) is 57.1. The summed E-state index contributed by atoms with van der Waals surface area (Å²) in [6.45, 7) is 7.37. The van der Waals surface area contributed by atoms with Crippen molar-refractivity contribution in [2.75, 3.05) is 29.0 Å². The van der Waals surface area contributed by atoms with Crippen LogP contribution in [0.5, 0.6) is 0 Å². The van der Waals surface area contributed by atoms with Crippen molar-refractivity contribution in [1.82, 2.24) is 19.9 Å². The topological polar surface area (TPSA) is 293 Å². The van der Waals surface area contributed by atoms with Crippen LogP contribution >= 0.6 is 0 Å². The summed E-state index contributed by atoms with van der Waals surface area (Å²) in [7, 11) is -1.05. The van der Waals surface area contributed by atoms with Crippen LogP contribution < -0.4 is 18.8 Å². The van der Waals surface area contributed by atoms with Crippen LogP contribution in [0.4, 0.5) is 20.7 Å². The molecule has 4 aromatic rings. The van der Waals surface area contributed by atoms with Gasteiger partial charge in [-0.3, -0.25) is 8.51 Å². The molecular weight excluding hydrogens is 960 g/mol. The first-order valence-corrected chi connectivity index (χ1v) is 22.8. The number of aliphatic hydroxyl groups excluding tert-OH is 4. The molecule has 0 fully saturated rings. The van der Waals surface area contributed by atoms with Crippen LogP contribution in [0, 0.1) is 11.6 Å². The van der Waals surface area contributed by atoms with E-state index in [2.05, 4.69) is 19.9 Å². The van der Waals surface area contributed by atoms with E-state index in [0.29, 0.717) is 45.0 Å². The molecular formula is C43H51F2N6O12S2Zn-. The third-order valence-electron chi connectivity index (χ3n) is 9.34. The second kappa shape index (κ2) is 25.8. The number of halogens is 2. The van der Waals surface area contributed by atoms with Gasteiger partial charge < -0.3 is 44.8 Å². The van der Waals surface area contributed by atoms with Crippen molar-refractivity contribution in [3.8, 4) is 22.5 Å². The van der Waals surface area contributed by atoms with E-state index in [-0.39, 0.29) is 56.1 Å². The van der Waals surface area contributed by atoms with Crippen molar-refractivity contribution >= 4 is 57.3 Å². The van der Waals surface area contributed by atoms with Crippen LogP contribution in [0.3, 0.4) is 0 Å². The summed E-state index contributed by atoms with van der Waals surface area (Å²) >= 11 is -2.62. The Hall–Kier alpha value is -5.00. The van der Waals surface area contributed by atoms with E-state index in [1.807, 2.05) is 27.7 Å². The number of aliphatic carboxylic acids is 2. The zero-order valence-electron chi connectivity index (χ0n) is 37.2. The minimum absolute atomic E-state index is 0. The Morgan fingerprint density at radius 1 is 0.697 bits per heavy atom. The normalized spacial score (nSPS) is 14.0. The molecule has 23 heteroatoms. The van der Waals surface area contributed by atoms with E-state index < -0.39 is 82.1 Å². The second-order valence-corrected chi connectivity index (χ2v) is 18.4. The summed E-state index contributed by atoms with van der Waals surface area (Å²) in [5.74, 6) is -4.29. The molecule has 0 aliphatic heterocycles. The summed E-state index contributed by atoms with van der Waals surface area (Å²) in [6.07, 6.45) is 0.132. The Morgan fingerprint density at radius 3 is 1.36 bits per heavy atom. The summed E-state index contributed by atoms with van der Waals surface area (Å²) < 4.78 is 75.7. The molecule has 354 valence electrons. The number of nitrogens with zero attached hydrogens (tertiary/aromatic N) is 6. The first-order chi connectivity index (χ1) is 30.3. The Labute approximate surface area is 397 Å². The average Bonchev–Trinajstić information content (AvgIpc) is 3.20. The monoisotopic (exact) mass is 1010 g/mol. The number of anilines is 2. The summed E-state index contributed by atoms with van der Waals surface area (Å²) in [5, 5.41) is 61.1. The number of aliphatic hydroxyl groups is 4. The Kier molecular flexibility index (Phi) is 22.3. The molecule has 0 spiro atoms. The average molecular weight is 1010 g/mol. The van der Waals surface area contributed by atoms with Crippen LogP contribution in [-0.4, -0.2) is 114 Å². The van der Waals surface area contributed by atoms with Gasteiger partial charge in [0.25, 0.3) is 0 Å². The number of carboxylic acid groups (broad SMARTS) is 2. The molecule has 2 aromatic carbocycles. The molecule has 2 aromatic heterocycles. The quantitative estimate of drug-likeness (QED) is 0.0727. The fourth-order valence-corrected chi connectivity index (χ4v) is 6.58. The summed E-state index contributed by atoms with van der Waals surface area (Å²) in [4.78, 5) is 38.7. The van der Waals surface area contributed by atoms with Crippen molar-refractivity contribution in [1.29, 1.82) is 0 Å². The molecule has 4 rings (SSSR count). The van der Waals surface area contributed by atoms with Crippen molar-refractivity contribution < 1.29 is 85.7 Å². The maximum Gasteiger partial charge on any atom is 2.00 e. The van der Waals surface area contributed by atoms with Gasteiger partial charge in [0.1, 0.15) is 11.6 Å². The standard InChI is InChI=1S/C22H28FN3O6S.C21H26FN3O6S.Zn/c1-13(2)20-18(10-9-16(27)11-17(28)12-19(29)30)21(14-5-7-15(23)8-6-14)25-22(24-20)26(3)33(4,31)32;1-12(2)19-17(9-8-15(26)10-16(27)11-18(28)29)20(13-4-6-14(22)7-5-13)24-21(23-19)25(3)32(30)31;/h5-10,13,16-17,27-28H,11-12H2,1-4H3,(H,29,30);4-9,12,15-16,26-27H,10-11H2,1-3H3,(H,28,29)(H,30,31);/q;;+2/p-3/b10-9+;9-8+;/t16-,17-;15-,16-;/m11./s1. The zero-order chi connectivity index (χ0) is 48.9. The molecule has 0 aliphatic rings. The van der Waals surface area contributed by atoms with Gasteiger partial charge in [0.15, 0.2) is 0 Å². The smallest absolute Gasteiger partial charge is 0.755 e. The molecule has 5 atom stereocenters. The van der Waals surface area contributed by atoms with Crippen LogP contribution in [-0.2, 0) is 50.4 Å². The maximum absolute atomic E-state index is 13.5. The van der Waals surface area contributed by atoms with Crippen LogP contribution in [0.25, 0.3) is 34.7 Å². The third-order valence-corrected chi connectivity index (χ3v) is 11.1. The number of hydrogen-bond acceptors (Lipinski definition) is 16. The largest absolute Gasteiger partial charge is 2.00 e. The SMILES string of the molecule is CC(C)c1nc(N(C)S(=O)[O-])nc(-c2ccc(F)cc2)c1/C=C/[C@@H](O)C[C@@H](O)CC(=O)[O-].CC(C)c1nc(N(C)S(C)(=O)=O)nc(-c2ccc(F)cc2)c1/C=C/[C@@H](O)C[C@@H](O)CC(=O)[O-].[Zn+2]. The molecule has 4 N–H and O–H groups in total. The number of hydrogen-bond donors (Lipinski definition) is 4. The predicted octanol–water partition coefficient (Wildman–Crippen LogP) is 1.97. The van der Waals surface area contributed by atoms with Crippen LogP contribution in [0.2, 0.25) is 0 Å². The summed E-state index contributed by atoms with van der Waals surface area (Å²) in [5.41, 5.74) is 3.51. The van der Waals surface area contributed by atoms with Gasteiger partial charge in [-0.2, -0.15) is 0 Å². The van der Waals surface area contributed by atoms with E-state index in [0.717, 1.165) is 14.9 Å². The third kappa shape index (κ3) is 17.3. The van der Waals surface area contributed by atoms with Crippen molar-refractivity contribution in [2.45, 2.75) is 89.6 Å². The minimum atomic E-state index is -3.66. The molecule has 0 radical (unpaired) electrons. The van der Waals surface area contributed by atoms with Gasteiger partial charge in [0.2, 0.25) is 21.9 Å². The molecule has 2 heterocycles. The minimum Gasteiger partial charge on any atom is -0.755 e. The molecule has 0 amide bonds. The first-order valence-electron chi connectivity index (χ1n) is 19.9. The van der Waals surface area contributed by atoms with Crippen LogP contribution in [0.15, 0.2) is 60.7 Å². The van der Waals surface area contributed by atoms with Gasteiger partial charge in [0.05, 0.1) is 53.4 Å². The van der Waals surface area contributed by atoms with Gasteiger partial charge in [-0.25, -0.2) is 41.4 Å². The van der Waals surface area contributed by atoms with Crippen molar-refractivity contribution in [3.63, 3.8) is 0 Å². The number of sulfonamides is 1. The fraction of sp³-hybridized carbons (Fsp3) is 0.395.